The van der Waals surface area contributed by atoms with Gasteiger partial charge in [-0.2, -0.15) is 0 Å². The van der Waals surface area contributed by atoms with Crippen molar-refractivity contribution in [1.82, 2.24) is 10.6 Å². The molecule has 92 valence electrons. The van der Waals surface area contributed by atoms with E-state index in [2.05, 4.69) is 10.6 Å². The van der Waals surface area contributed by atoms with Crippen LogP contribution in [0.25, 0.3) is 0 Å². The number of amides is 1. The highest BCUT2D eigenvalue weighted by atomic mass is 35.5. The maximum absolute atomic E-state index is 11.9. The summed E-state index contributed by atoms with van der Waals surface area (Å²) in [7, 11) is 0. The van der Waals surface area contributed by atoms with Crippen LogP contribution in [0.1, 0.15) is 31.4 Å². The Balaban J connectivity index is 1.96. The van der Waals surface area contributed by atoms with Crippen molar-refractivity contribution in [2.24, 2.45) is 0 Å². The number of rotatable bonds is 3. The van der Waals surface area contributed by atoms with Crippen LogP contribution >= 0.6 is 11.6 Å². The summed E-state index contributed by atoms with van der Waals surface area (Å²) in [6.07, 6.45) is 2.00. The third kappa shape index (κ3) is 3.20. The first-order valence-electron chi connectivity index (χ1n) is 5.96. The highest BCUT2D eigenvalue weighted by molar-refractivity contribution is 6.30. The fraction of sp³-hybridized carbons (Fsp3) is 0.462. The normalized spacial score (nSPS) is 21.2. The van der Waals surface area contributed by atoms with Gasteiger partial charge in [0.05, 0.1) is 12.1 Å². The summed E-state index contributed by atoms with van der Waals surface area (Å²) in [5.74, 6) is 0.0787. The van der Waals surface area contributed by atoms with Gasteiger partial charge in [-0.05, 0) is 44.0 Å². The molecule has 0 spiro atoms. The molecule has 0 aromatic heterocycles. The van der Waals surface area contributed by atoms with Crippen LogP contribution in [0.2, 0.25) is 5.02 Å². The summed E-state index contributed by atoms with van der Waals surface area (Å²) >= 11 is 5.93. The third-order valence-electron chi connectivity index (χ3n) is 3.08. The SMILES string of the molecule is C[C@H](NC(=O)[C@@H]1CCCN1)c1cccc(Cl)c1. The van der Waals surface area contributed by atoms with E-state index in [0.717, 1.165) is 24.9 Å². The Morgan fingerprint density at radius 1 is 1.59 bits per heavy atom. The fourth-order valence-corrected chi connectivity index (χ4v) is 2.28. The van der Waals surface area contributed by atoms with Crippen LogP contribution in [0.3, 0.4) is 0 Å². The van der Waals surface area contributed by atoms with Crippen LogP contribution < -0.4 is 10.6 Å². The van der Waals surface area contributed by atoms with E-state index >= 15 is 0 Å². The molecular formula is C13H17ClN2O. The van der Waals surface area contributed by atoms with Gasteiger partial charge in [-0.15, -0.1) is 0 Å². The Hall–Kier alpha value is -1.06. The van der Waals surface area contributed by atoms with Crippen molar-refractivity contribution in [3.8, 4) is 0 Å². The van der Waals surface area contributed by atoms with Crippen LogP contribution in [-0.4, -0.2) is 18.5 Å². The van der Waals surface area contributed by atoms with Gasteiger partial charge in [0.15, 0.2) is 0 Å². The summed E-state index contributed by atoms with van der Waals surface area (Å²) in [5, 5.41) is 6.89. The van der Waals surface area contributed by atoms with E-state index in [0.29, 0.717) is 5.02 Å². The second-order valence-electron chi connectivity index (χ2n) is 4.43. The van der Waals surface area contributed by atoms with E-state index in [1.165, 1.54) is 0 Å². The predicted molar refractivity (Wildman–Crippen MR) is 69.0 cm³/mol. The number of hydrogen-bond acceptors (Lipinski definition) is 2. The molecule has 0 saturated carbocycles. The lowest BCUT2D eigenvalue weighted by molar-refractivity contribution is -0.123. The zero-order chi connectivity index (χ0) is 12.3. The van der Waals surface area contributed by atoms with Gasteiger partial charge in [0.2, 0.25) is 5.91 Å². The number of carbonyl (C=O) groups is 1. The van der Waals surface area contributed by atoms with Gasteiger partial charge in [-0.1, -0.05) is 23.7 Å². The number of hydrogen-bond donors (Lipinski definition) is 2. The van der Waals surface area contributed by atoms with E-state index in [-0.39, 0.29) is 18.0 Å². The minimum Gasteiger partial charge on any atom is -0.348 e. The highest BCUT2D eigenvalue weighted by Gasteiger charge is 2.23. The quantitative estimate of drug-likeness (QED) is 0.867. The first-order valence-corrected chi connectivity index (χ1v) is 6.34. The molecule has 1 fully saturated rings. The molecule has 0 aliphatic carbocycles. The van der Waals surface area contributed by atoms with Crippen LogP contribution in [0.15, 0.2) is 24.3 Å². The summed E-state index contributed by atoms with van der Waals surface area (Å²) < 4.78 is 0. The lowest BCUT2D eigenvalue weighted by Gasteiger charge is -2.17. The number of halogens is 1. The Labute approximate surface area is 107 Å². The van der Waals surface area contributed by atoms with Crippen molar-refractivity contribution in [2.75, 3.05) is 6.54 Å². The van der Waals surface area contributed by atoms with E-state index in [4.69, 9.17) is 11.6 Å². The molecule has 0 radical (unpaired) electrons. The van der Waals surface area contributed by atoms with Gasteiger partial charge >= 0.3 is 0 Å². The van der Waals surface area contributed by atoms with Crippen LogP contribution in [0.4, 0.5) is 0 Å². The summed E-state index contributed by atoms with van der Waals surface area (Å²) in [6.45, 7) is 2.90. The van der Waals surface area contributed by atoms with Crippen molar-refractivity contribution in [3.05, 3.63) is 34.9 Å². The molecule has 1 amide bonds. The maximum atomic E-state index is 11.9. The largest absolute Gasteiger partial charge is 0.348 e. The number of benzene rings is 1. The molecule has 1 saturated heterocycles. The lowest BCUT2D eigenvalue weighted by Crippen LogP contribution is -2.41. The van der Waals surface area contributed by atoms with Crippen LogP contribution in [-0.2, 0) is 4.79 Å². The molecule has 17 heavy (non-hydrogen) atoms. The topological polar surface area (TPSA) is 41.1 Å². The average Bonchev–Trinajstić information content (AvgIpc) is 2.82. The Morgan fingerprint density at radius 3 is 3.06 bits per heavy atom. The van der Waals surface area contributed by atoms with Gasteiger partial charge in [-0.3, -0.25) is 4.79 Å². The number of carbonyl (C=O) groups excluding carboxylic acids is 1. The first kappa shape index (κ1) is 12.4. The Morgan fingerprint density at radius 2 is 2.41 bits per heavy atom. The first-order chi connectivity index (χ1) is 8.16. The zero-order valence-corrected chi connectivity index (χ0v) is 10.6. The average molecular weight is 253 g/mol. The van der Waals surface area contributed by atoms with Crippen molar-refractivity contribution in [3.63, 3.8) is 0 Å². The molecule has 1 aliphatic heterocycles. The van der Waals surface area contributed by atoms with Crippen molar-refractivity contribution in [1.29, 1.82) is 0 Å². The minimum atomic E-state index is -0.0309. The van der Waals surface area contributed by atoms with Crippen molar-refractivity contribution < 1.29 is 4.79 Å². The molecule has 4 heteroatoms. The van der Waals surface area contributed by atoms with E-state index < -0.39 is 0 Å². The van der Waals surface area contributed by atoms with Gasteiger partial charge < -0.3 is 10.6 Å². The van der Waals surface area contributed by atoms with Gasteiger partial charge in [0.1, 0.15) is 0 Å². The molecule has 1 aliphatic rings. The standard InChI is InChI=1S/C13H17ClN2O/c1-9(10-4-2-5-11(14)8-10)16-13(17)12-6-3-7-15-12/h2,4-5,8-9,12,15H,3,6-7H2,1H3,(H,16,17)/t9-,12-/m0/s1. The van der Waals surface area contributed by atoms with Crippen LogP contribution in [0, 0.1) is 0 Å². The zero-order valence-electron chi connectivity index (χ0n) is 9.87. The van der Waals surface area contributed by atoms with Crippen molar-refractivity contribution >= 4 is 17.5 Å². The molecule has 2 atom stereocenters. The number of nitrogens with one attached hydrogen (secondary N) is 2. The highest BCUT2D eigenvalue weighted by Crippen LogP contribution is 2.17. The lowest BCUT2D eigenvalue weighted by atomic mass is 10.1. The van der Waals surface area contributed by atoms with Gasteiger partial charge in [0, 0.05) is 5.02 Å². The fourth-order valence-electron chi connectivity index (χ4n) is 2.08. The third-order valence-corrected chi connectivity index (χ3v) is 3.32. The maximum Gasteiger partial charge on any atom is 0.237 e. The summed E-state index contributed by atoms with van der Waals surface area (Å²) in [5.41, 5.74) is 1.03. The molecular weight excluding hydrogens is 236 g/mol. The second-order valence-corrected chi connectivity index (χ2v) is 4.87. The molecule has 0 unspecified atom stereocenters. The molecule has 1 aromatic carbocycles. The van der Waals surface area contributed by atoms with E-state index in [9.17, 15) is 4.79 Å². The molecule has 2 N–H and O–H groups in total. The molecule has 0 bridgehead atoms. The molecule has 3 nitrogen and oxygen atoms in total. The smallest absolute Gasteiger partial charge is 0.237 e. The van der Waals surface area contributed by atoms with E-state index in [1.54, 1.807) is 0 Å². The second kappa shape index (κ2) is 5.52. The minimum absolute atomic E-state index is 0.0106. The van der Waals surface area contributed by atoms with Crippen LogP contribution in [0.5, 0.6) is 0 Å². The molecule has 2 rings (SSSR count). The molecule has 1 heterocycles. The monoisotopic (exact) mass is 252 g/mol. The predicted octanol–water partition coefficient (Wildman–Crippen LogP) is 2.27. The Kier molecular flexibility index (Phi) is 4.02. The Bertz CT molecular complexity index is 402. The van der Waals surface area contributed by atoms with E-state index in [1.807, 2.05) is 31.2 Å². The molecule has 1 aromatic rings. The van der Waals surface area contributed by atoms with Gasteiger partial charge in [-0.25, -0.2) is 0 Å². The summed E-state index contributed by atoms with van der Waals surface area (Å²) in [6, 6.07) is 7.54. The van der Waals surface area contributed by atoms with Gasteiger partial charge in [0.25, 0.3) is 0 Å². The van der Waals surface area contributed by atoms with Crippen molar-refractivity contribution in [2.45, 2.75) is 31.8 Å². The summed E-state index contributed by atoms with van der Waals surface area (Å²) in [4.78, 5) is 11.9.